The predicted molar refractivity (Wildman–Crippen MR) is 68.4 cm³/mol. The lowest BCUT2D eigenvalue weighted by Gasteiger charge is -2.38. The molecule has 0 amide bonds. The van der Waals surface area contributed by atoms with Crippen molar-refractivity contribution in [2.45, 2.75) is 83.7 Å². The quantitative estimate of drug-likeness (QED) is 0.709. The van der Waals surface area contributed by atoms with Crippen LogP contribution in [0.5, 0.6) is 0 Å². The summed E-state index contributed by atoms with van der Waals surface area (Å²) in [5.74, 6) is 0.612. The maximum absolute atomic E-state index is 10.7. The molecule has 2 aliphatic rings. The molecule has 0 spiro atoms. The van der Waals surface area contributed by atoms with Crippen LogP contribution in [0.15, 0.2) is 0 Å². The highest BCUT2D eigenvalue weighted by Gasteiger charge is 2.42. The topological polar surface area (TPSA) is 20.2 Å². The van der Waals surface area contributed by atoms with E-state index < -0.39 is 0 Å². The zero-order valence-corrected chi connectivity index (χ0v) is 10.9. The van der Waals surface area contributed by atoms with E-state index in [2.05, 4.69) is 6.92 Å². The van der Waals surface area contributed by atoms with Gasteiger partial charge in [0, 0.05) is 0 Å². The monoisotopic (exact) mass is 224 g/mol. The molecule has 0 saturated heterocycles. The minimum Gasteiger partial charge on any atom is -0.392 e. The van der Waals surface area contributed by atoms with E-state index in [4.69, 9.17) is 0 Å². The van der Waals surface area contributed by atoms with Gasteiger partial charge in [-0.1, -0.05) is 45.4 Å². The Labute approximate surface area is 101 Å². The van der Waals surface area contributed by atoms with Gasteiger partial charge in [-0.05, 0) is 43.4 Å². The van der Waals surface area contributed by atoms with E-state index in [1.165, 1.54) is 70.6 Å². The van der Waals surface area contributed by atoms with Crippen molar-refractivity contribution in [2.75, 3.05) is 0 Å². The third kappa shape index (κ3) is 2.45. The molecule has 0 aliphatic heterocycles. The van der Waals surface area contributed by atoms with E-state index in [0.717, 1.165) is 0 Å². The first-order chi connectivity index (χ1) is 7.78. The van der Waals surface area contributed by atoms with Crippen molar-refractivity contribution >= 4 is 0 Å². The van der Waals surface area contributed by atoms with Gasteiger partial charge >= 0.3 is 0 Å². The van der Waals surface area contributed by atoms with Crippen LogP contribution in [0.4, 0.5) is 0 Å². The van der Waals surface area contributed by atoms with E-state index in [1.54, 1.807) is 0 Å². The zero-order valence-electron chi connectivity index (χ0n) is 10.9. The Kier molecular flexibility index (Phi) is 4.29. The Morgan fingerprint density at radius 2 is 1.56 bits per heavy atom. The smallest absolute Gasteiger partial charge is 0.0624 e. The summed E-state index contributed by atoms with van der Waals surface area (Å²) in [5, 5.41) is 10.7. The van der Waals surface area contributed by atoms with Crippen LogP contribution in [0.1, 0.15) is 77.6 Å². The van der Waals surface area contributed by atoms with Gasteiger partial charge in [-0.25, -0.2) is 0 Å². The lowest BCUT2D eigenvalue weighted by atomic mass is 9.71. The van der Waals surface area contributed by atoms with Crippen molar-refractivity contribution in [1.29, 1.82) is 0 Å². The highest BCUT2D eigenvalue weighted by molar-refractivity contribution is 4.93. The van der Waals surface area contributed by atoms with E-state index >= 15 is 0 Å². The minimum atomic E-state index is -0.00176. The summed E-state index contributed by atoms with van der Waals surface area (Å²) >= 11 is 0. The van der Waals surface area contributed by atoms with Gasteiger partial charge in [0.2, 0.25) is 0 Å². The Morgan fingerprint density at radius 3 is 2.06 bits per heavy atom. The predicted octanol–water partition coefficient (Wildman–Crippen LogP) is 4.29. The molecule has 0 aromatic heterocycles. The summed E-state index contributed by atoms with van der Waals surface area (Å²) in [4.78, 5) is 0. The van der Waals surface area contributed by atoms with Crippen molar-refractivity contribution < 1.29 is 5.11 Å². The van der Waals surface area contributed by atoms with Crippen LogP contribution in [0.2, 0.25) is 0 Å². The molecule has 0 aromatic carbocycles. The fourth-order valence-corrected chi connectivity index (χ4v) is 4.06. The third-order valence-corrected chi connectivity index (χ3v) is 5.28. The summed E-state index contributed by atoms with van der Waals surface area (Å²) in [6.07, 6.45) is 14.5. The molecular formula is C15H28O. The normalized spacial score (nSPS) is 28.9. The molecule has 0 radical (unpaired) electrons. The van der Waals surface area contributed by atoms with Gasteiger partial charge in [0.1, 0.15) is 0 Å². The Hall–Kier alpha value is -0.0400. The van der Waals surface area contributed by atoms with Crippen LogP contribution in [-0.4, -0.2) is 11.2 Å². The van der Waals surface area contributed by atoms with Crippen LogP contribution < -0.4 is 0 Å². The van der Waals surface area contributed by atoms with Crippen molar-refractivity contribution in [3.8, 4) is 0 Å². The maximum atomic E-state index is 10.7. The van der Waals surface area contributed by atoms with Gasteiger partial charge in [0.05, 0.1) is 6.10 Å². The average molecular weight is 224 g/mol. The van der Waals surface area contributed by atoms with E-state index in [-0.39, 0.29) is 6.10 Å². The largest absolute Gasteiger partial charge is 0.392 e. The molecule has 2 rings (SSSR count). The Bertz CT molecular complexity index is 197. The van der Waals surface area contributed by atoms with Gasteiger partial charge in [-0.2, -0.15) is 0 Å². The van der Waals surface area contributed by atoms with Gasteiger partial charge in [0.25, 0.3) is 0 Å². The molecule has 0 heterocycles. The lowest BCUT2D eigenvalue weighted by Crippen LogP contribution is -2.38. The van der Waals surface area contributed by atoms with Crippen LogP contribution >= 0.6 is 0 Å². The van der Waals surface area contributed by atoms with Crippen LogP contribution in [-0.2, 0) is 0 Å². The molecule has 2 saturated carbocycles. The van der Waals surface area contributed by atoms with Crippen LogP contribution in [0.3, 0.4) is 0 Å². The Morgan fingerprint density at radius 1 is 1.00 bits per heavy atom. The van der Waals surface area contributed by atoms with E-state index in [1.807, 2.05) is 0 Å². The summed E-state index contributed by atoms with van der Waals surface area (Å²) in [5.41, 5.74) is 0.301. The molecule has 0 bridgehead atoms. The summed E-state index contributed by atoms with van der Waals surface area (Å²) < 4.78 is 0. The molecule has 1 N–H and O–H groups in total. The minimum absolute atomic E-state index is 0.00176. The molecule has 0 aromatic rings. The molecule has 1 unspecified atom stereocenters. The number of aliphatic hydroxyl groups excluding tert-OH is 1. The van der Waals surface area contributed by atoms with E-state index in [0.29, 0.717) is 11.3 Å². The van der Waals surface area contributed by atoms with Crippen molar-refractivity contribution in [3.05, 3.63) is 0 Å². The average Bonchev–Trinajstić information content (AvgIpc) is 2.64. The van der Waals surface area contributed by atoms with Crippen LogP contribution in [0, 0.1) is 11.3 Å². The molecule has 1 nitrogen and oxygen atoms in total. The van der Waals surface area contributed by atoms with Crippen molar-refractivity contribution in [2.24, 2.45) is 11.3 Å². The van der Waals surface area contributed by atoms with Gasteiger partial charge < -0.3 is 5.11 Å². The lowest BCUT2D eigenvalue weighted by molar-refractivity contribution is -0.0240. The van der Waals surface area contributed by atoms with Crippen molar-refractivity contribution in [3.63, 3.8) is 0 Å². The second-order valence-corrected chi connectivity index (χ2v) is 6.12. The number of rotatable bonds is 3. The molecule has 16 heavy (non-hydrogen) atoms. The van der Waals surface area contributed by atoms with Crippen LogP contribution in [0.25, 0.3) is 0 Å². The maximum Gasteiger partial charge on any atom is 0.0624 e. The summed E-state index contributed by atoms with van der Waals surface area (Å²) in [7, 11) is 0. The van der Waals surface area contributed by atoms with Gasteiger partial charge in [-0.3, -0.25) is 0 Å². The fourth-order valence-electron chi connectivity index (χ4n) is 4.06. The highest BCUT2D eigenvalue weighted by atomic mass is 16.3. The molecule has 1 heteroatoms. The summed E-state index contributed by atoms with van der Waals surface area (Å²) in [6, 6.07) is 0. The first kappa shape index (κ1) is 12.4. The van der Waals surface area contributed by atoms with Gasteiger partial charge in [0.15, 0.2) is 0 Å². The fraction of sp³-hybridized carbons (Fsp3) is 1.00. The molecule has 1 atom stereocenters. The molecule has 94 valence electrons. The number of hydrogen-bond acceptors (Lipinski definition) is 1. The number of hydrogen-bond donors (Lipinski definition) is 1. The summed E-state index contributed by atoms with van der Waals surface area (Å²) in [6.45, 7) is 2.28. The van der Waals surface area contributed by atoms with Crippen molar-refractivity contribution in [1.82, 2.24) is 0 Å². The Balaban J connectivity index is 2.00. The molecule has 2 aliphatic carbocycles. The highest BCUT2D eigenvalue weighted by Crippen LogP contribution is 2.47. The molecular weight excluding hydrogens is 196 g/mol. The standard InChI is InChI=1S/C15H28O/c1-2-15(11-7-8-12-15)14(16)13-9-5-3-4-6-10-13/h13-14,16H,2-12H2,1H3. The third-order valence-electron chi connectivity index (χ3n) is 5.28. The molecule has 2 fully saturated rings. The first-order valence-corrected chi connectivity index (χ1v) is 7.46. The SMILES string of the molecule is CCC1(C(O)C2CCCCCC2)CCCC1. The number of aliphatic hydroxyl groups is 1. The van der Waals surface area contributed by atoms with Gasteiger partial charge in [-0.15, -0.1) is 0 Å². The first-order valence-electron chi connectivity index (χ1n) is 7.46. The second kappa shape index (κ2) is 5.53. The zero-order chi connectivity index (χ0) is 11.4. The van der Waals surface area contributed by atoms with E-state index in [9.17, 15) is 5.11 Å². The second-order valence-electron chi connectivity index (χ2n) is 6.12.